The van der Waals surface area contributed by atoms with Crippen molar-refractivity contribution in [2.24, 2.45) is 16.9 Å². The molecule has 1 aromatic rings. The largest absolute Gasteiger partial charge is 0.369 e. The zero-order valence-electron chi connectivity index (χ0n) is 11.2. The number of carbonyl (C=O) groups excluding carboxylic acids is 2. The predicted molar refractivity (Wildman–Crippen MR) is 72.0 cm³/mol. The molecule has 20 heavy (non-hydrogen) atoms. The zero-order valence-corrected chi connectivity index (χ0v) is 11.2. The molecule has 2 saturated carbocycles. The maximum Gasteiger partial charge on any atom is 0.236 e. The summed E-state index contributed by atoms with van der Waals surface area (Å²) >= 11 is 0. The molecule has 0 aromatic carbocycles. The van der Waals surface area contributed by atoms with Crippen LogP contribution < -0.4 is 16.8 Å². The molecule has 6 heteroatoms. The van der Waals surface area contributed by atoms with Crippen molar-refractivity contribution in [1.29, 1.82) is 0 Å². The van der Waals surface area contributed by atoms with Gasteiger partial charge in [0.2, 0.25) is 11.8 Å². The van der Waals surface area contributed by atoms with Gasteiger partial charge in [0.05, 0.1) is 11.2 Å². The summed E-state index contributed by atoms with van der Waals surface area (Å²) in [7, 11) is 0. The number of rotatable bonds is 5. The van der Waals surface area contributed by atoms with Crippen molar-refractivity contribution in [3.05, 3.63) is 29.6 Å². The summed E-state index contributed by atoms with van der Waals surface area (Å²) in [4.78, 5) is 28.0. The molecule has 1 heterocycles. The van der Waals surface area contributed by atoms with Crippen LogP contribution in [0, 0.1) is 5.41 Å². The van der Waals surface area contributed by atoms with E-state index < -0.39 is 16.9 Å². The molecule has 5 N–H and O–H groups in total. The van der Waals surface area contributed by atoms with Gasteiger partial charge in [-0.15, -0.1) is 0 Å². The Morgan fingerprint density at radius 3 is 2.50 bits per heavy atom. The molecular formula is C14H18N4O2. The van der Waals surface area contributed by atoms with Gasteiger partial charge in [-0.25, -0.2) is 0 Å². The molecule has 0 saturated heterocycles. The van der Waals surface area contributed by atoms with Crippen molar-refractivity contribution in [1.82, 2.24) is 10.3 Å². The molecule has 2 aliphatic carbocycles. The van der Waals surface area contributed by atoms with Crippen LogP contribution in [0.25, 0.3) is 0 Å². The van der Waals surface area contributed by atoms with E-state index in [0.29, 0.717) is 19.4 Å². The fourth-order valence-electron chi connectivity index (χ4n) is 2.48. The Kier molecular flexibility index (Phi) is 2.79. The summed E-state index contributed by atoms with van der Waals surface area (Å²) in [6.07, 6.45) is 4.44. The van der Waals surface area contributed by atoms with Crippen molar-refractivity contribution in [3.8, 4) is 0 Å². The number of hydrogen-bond donors (Lipinski definition) is 3. The van der Waals surface area contributed by atoms with E-state index >= 15 is 0 Å². The molecule has 0 spiro atoms. The molecule has 0 bridgehead atoms. The number of amides is 2. The van der Waals surface area contributed by atoms with Crippen molar-refractivity contribution >= 4 is 11.8 Å². The summed E-state index contributed by atoms with van der Waals surface area (Å²) in [5, 5.41) is 2.98. The lowest BCUT2D eigenvalue weighted by Gasteiger charge is -2.20. The first-order valence-corrected chi connectivity index (χ1v) is 6.80. The third-order valence-electron chi connectivity index (χ3n) is 4.31. The minimum atomic E-state index is -0.985. The number of nitrogens with zero attached hydrogens (tertiary/aromatic N) is 1. The molecule has 106 valence electrons. The van der Waals surface area contributed by atoms with E-state index in [1.165, 1.54) is 0 Å². The molecule has 1 aromatic heterocycles. The van der Waals surface area contributed by atoms with Gasteiger partial charge in [-0.1, -0.05) is 0 Å². The topological polar surface area (TPSA) is 111 Å². The highest BCUT2D eigenvalue weighted by molar-refractivity contribution is 6.07. The van der Waals surface area contributed by atoms with Crippen molar-refractivity contribution in [3.63, 3.8) is 0 Å². The lowest BCUT2D eigenvalue weighted by molar-refractivity contribution is -0.136. The minimum Gasteiger partial charge on any atom is -0.369 e. The van der Waals surface area contributed by atoms with E-state index in [-0.39, 0.29) is 5.91 Å². The molecule has 0 radical (unpaired) electrons. The summed E-state index contributed by atoms with van der Waals surface area (Å²) in [6, 6.07) is 3.77. The lowest BCUT2D eigenvalue weighted by Crippen LogP contribution is -2.45. The number of pyridine rings is 1. The predicted octanol–water partition coefficient (Wildman–Crippen LogP) is -0.0889. The van der Waals surface area contributed by atoms with Crippen molar-refractivity contribution in [2.45, 2.75) is 37.8 Å². The molecule has 2 aliphatic rings. The maximum absolute atomic E-state index is 12.3. The van der Waals surface area contributed by atoms with Gasteiger partial charge in [0.1, 0.15) is 5.41 Å². The van der Waals surface area contributed by atoms with E-state index in [9.17, 15) is 9.59 Å². The van der Waals surface area contributed by atoms with Crippen molar-refractivity contribution < 1.29 is 9.59 Å². The maximum atomic E-state index is 12.3. The number of aromatic nitrogens is 1. The van der Waals surface area contributed by atoms with Gasteiger partial charge in [0.15, 0.2) is 0 Å². The van der Waals surface area contributed by atoms with Crippen LogP contribution >= 0.6 is 0 Å². The van der Waals surface area contributed by atoms with Gasteiger partial charge in [0, 0.05) is 12.7 Å². The smallest absolute Gasteiger partial charge is 0.236 e. The molecule has 6 nitrogen and oxygen atoms in total. The first-order chi connectivity index (χ1) is 9.52. The van der Waals surface area contributed by atoms with Crippen LogP contribution in [-0.4, -0.2) is 16.8 Å². The van der Waals surface area contributed by atoms with Gasteiger partial charge in [-0.3, -0.25) is 14.6 Å². The number of nitrogens with two attached hydrogens (primary N) is 2. The van der Waals surface area contributed by atoms with Crippen LogP contribution in [0.1, 0.15) is 36.9 Å². The Bertz CT molecular complexity index is 576. The van der Waals surface area contributed by atoms with Crippen LogP contribution in [0.2, 0.25) is 0 Å². The zero-order chi connectivity index (χ0) is 14.4. The second-order valence-electron chi connectivity index (χ2n) is 5.74. The number of primary amides is 1. The van der Waals surface area contributed by atoms with Crippen LogP contribution in [0.3, 0.4) is 0 Å². The number of hydrogen-bond acceptors (Lipinski definition) is 4. The van der Waals surface area contributed by atoms with Gasteiger partial charge in [0.25, 0.3) is 0 Å². The second kappa shape index (κ2) is 4.28. The highest BCUT2D eigenvalue weighted by Crippen LogP contribution is 2.50. The minimum absolute atomic E-state index is 0.262. The molecule has 0 aliphatic heterocycles. The number of nitrogens with one attached hydrogen (secondary N) is 1. The average molecular weight is 274 g/mol. The number of carbonyl (C=O) groups is 2. The quantitative estimate of drug-likeness (QED) is 0.651. The third-order valence-corrected chi connectivity index (χ3v) is 4.31. The fraction of sp³-hybridized carbons (Fsp3) is 0.500. The van der Waals surface area contributed by atoms with E-state index in [4.69, 9.17) is 11.5 Å². The highest BCUT2D eigenvalue weighted by atomic mass is 16.2. The van der Waals surface area contributed by atoms with Gasteiger partial charge in [-0.05, 0) is 43.4 Å². The summed E-state index contributed by atoms with van der Waals surface area (Å²) in [5.74, 6) is -0.795. The van der Waals surface area contributed by atoms with E-state index in [2.05, 4.69) is 10.3 Å². The Morgan fingerprint density at radius 2 is 2.00 bits per heavy atom. The lowest BCUT2D eigenvalue weighted by atomic mass is 10.0. The monoisotopic (exact) mass is 274 g/mol. The molecule has 3 rings (SSSR count). The SMILES string of the molecule is NCc1ccnc(C2(NC(=O)C3(C(N)=O)CC3)CC2)c1. The molecule has 0 unspecified atom stereocenters. The van der Waals surface area contributed by atoms with Crippen molar-refractivity contribution in [2.75, 3.05) is 0 Å². The Morgan fingerprint density at radius 1 is 1.30 bits per heavy atom. The first kappa shape index (κ1) is 13.1. The van der Waals surface area contributed by atoms with Crippen LogP contribution in [0.15, 0.2) is 18.3 Å². The van der Waals surface area contributed by atoms with Crippen LogP contribution in [0.4, 0.5) is 0 Å². The second-order valence-corrected chi connectivity index (χ2v) is 5.74. The Hall–Kier alpha value is -1.95. The van der Waals surface area contributed by atoms with E-state index in [0.717, 1.165) is 24.1 Å². The normalized spacial score (nSPS) is 21.1. The molecule has 2 fully saturated rings. The Labute approximate surface area is 116 Å². The summed E-state index contributed by atoms with van der Waals surface area (Å²) in [6.45, 7) is 0.435. The highest BCUT2D eigenvalue weighted by Gasteiger charge is 2.59. The average Bonchev–Trinajstić information content (AvgIpc) is 3.32. The fourth-order valence-corrected chi connectivity index (χ4v) is 2.48. The van der Waals surface area contributed by atoms with Gasteiger partial charge in [-0.2, -0.15) is 0 Å². The third kappa shape index (κ3) is 1.96. The standard InChI is InChI=1S/C14H18N4O2/c15-8-9-1-6-17-10(7-9)14(4-5-14)18-12(20)13(2-3-13)11(16)19/h1,6-7H,2-5,8,15H2,(H2,16,19)(H,18,20). The van der Waals surface area contributed by atoms with E-state index in [1.807, 2.05) is 12.1 Å². The van der Waals surface area contributed by atoms with Crippen LogP contribution in [0.5, 0.6) is 0 Å². The summed E-state index contributed by atoms with van der Waals surface area (Å²) in [5.41, 5.74) is 11.3. The van der Waals surface area contributed by atoms with Crippen LogP contribution in [-0.2, 0) is 21.7 Å². The first-order valence-electron chi connectivity index (χ1n) is 6.80. The molecular weight excluding hydrogens is 256 g/mol. The molecule has 0 atom stereocenters. The Balaban J connectivity index is 1.80. The molecule has 2 amide bonds. The van der Waals surface area contributed by atoms with Gasteiger partial charge >= 0.3 is 0 Å². The van der Waals surface area contributed by atoms with Gasteiger partial charge < -0.3 is 16.8 Å². The van der Waals surface area contributed by atoms with E-state index in [1.54, 1.807) is 6.20 Å². The summed E-state index contributed by atoms with van der Waals surface area (Å²) < 4.78 is 0.